The van der Waals surface area contributed by atoms with E-state index in [1.807, 2.05) is 24.3 Å². The van der Waals surface area contributed by atoms with Gasteiger partial charge in [0.1, 0.15) is 0 Å². The molecular formula is C16H19IN6. The highest BCUT2D eigenvalue weighted by molar-refractivity contribution is 14.1. The van der Waals surface area contributed by atoms with Crippen LogP contribution < -0.4 is 15.5 Å². The monoisotopic (exact) mass is 422 g/mol. The molecule has 23 heavy (non-hydrogen) atoms. The summed E-state index contributed by atoms with van der Waals surface area (Å²) in [6, 6.07) is 8.11. The maximum atomic E-state index is 4.57. The zero-order valence-electron chi connectivity index (χ0n) is 12.8. The second-order valence-electron chi connectivity index (χ2n) is 5.28. The summed E-state index contributed by atoms with van der Waals surface area (Å²) in [6.45, 7) is 6.32. The lowest BCUT2D eigenvalue weighted by atomic mass is 10.3. The van der Waals surface area contributed by atoms with E-state index in [-0.39, 0.29) is 0 Å². The highest BCUT2D eigenvalue weighted by Gasteiger charge is 2.17. The molecule has 120 valence electrons. The Hall–Kier alpha value is -1.90. The minimum atomic E-state index is 0.551. The van der Waals surface area contributed by atoms with Crippen molar-refractivity contribution >= 4 is 46.1 Å². The zero-order valence-corrected chi connectivity index (χ0v) is 15.0. The first-order valence-electron chi connectivity index (χ1n) is 7.63. The molecule has 0 radical (unpaired) electrons. The number of nitrogens with one attached hydrogen (secondary N) is 2. The van der Waals surface area contributed by atoms with E-state index < -0.39 is 0 Å². The summed E-state index contributed by atoms with van der Waals surface area (Å²) in [5.74, 6) is 1.83. The van der Waals surface area contributed by atoms with E-state index in [0.717, 1.165) is 24.7 Å². The fraction of sp³-hybridized carbons (Fsp3) is 0.312. The molecule has 0 unspecified atom stereocenters. The second-order valence-corrected chi connectivity index (χ2v) is 6.52. The fourth-order valence-electron chi connectivity index (χ4n) is 2.38. The minimum absolute atomic E-state index is 0.551. The smallest absolute Gasteiger partial charge is 0.233 e. The van der Waals surface area contributed by atoms with Crippen LogP contribution in [0.4, 0.5) is 23.5 Å². The molecule has 1 aliphatic rings. The zero-order chi connectivity index (χ0) is 16.1. The first-order valence-corrected chi connectivity index (χ1v) is 8.71. The summed E-state index contributed by atoms with van der Waals surface area (Å²) in [5.41, 5.74) is 0.957. The molecule has 0 bridgehead atoms. The second kappa shape index (κ2) is 7.58. The average molecular weight is 422 g/mol. The van der Waals surface area contributed by atoms with Gasteiger partial charge in [0.25, 0.3) is 0 Å². The minimum Gasteiger partial charge on any atom is -0.351 e. The molecule has 7 heteroatoms. The van der Waals surface area contributed by atoms with Gasteiger partial charge in [0.15, 0.2) is 0 Å². The van der Waals surface area contributed by atoms with E-state index in [0.29, 0.717) is 18.4 Å². The summed E-state index contributed by atoms with van der Waals surface area (Å²) in [5, 5.41) is 6.40. The normalized spacial score (nSPS) is 13.9. The van der Waals surface area contributed by atoms with Crippen LogP contribution in [0.25, 0.3) is 0 Å². The lowest BCUT2D eigenvalue weighted by molar-refractivity contribution is 0.883. The molecule has 0 saturated carbocycles. The Balaban J connectivity index is 1.85. The Kier molecular flexibility index (Phi) is 5.27. The number of nitrogens with zero attached hydrogens (tertiary/aromatic N) is 4. The molecular weight excluding hydrogens is 403 g/mol. The van der Waals surface area contributed by atoms with Crippen LogP contribution in [0.3, 0.4) is 0 Å². The van der Waals surface area contributed by atoms with Crippen LogP contribution in [0.2, 0.25) is 0 Å². The molecule has 2 heterocycles. The van der Waals surface area contributed by atoms with Gasteiger partial charge in [-0.3, -0.25) is 0 Å². The number of benzene rings is 1. The van der Waals surface area contributed by atoms with Gasteiger partial charge in [-0.1, -0.05) is 6.08 Å². The predicted octanol–water partition coefficient (Wildman–Crippen LogP) is 3.42. The van der Waals surface area contributed by atoms with Crippen molar-refractivity contribution in [1.82, 2.24) is 15.0 Å². The molecule has 2 N–H and O–H groups in total. The van der Waals surface area contributed by atoms with Crippen LogP contribution in [0, 0.1) is 3.57 Å². The Bertz CT molecular complexity index is 667. The van der Waals surface area contributed by atoms with Gasteiger partial charge in [-0.05, 0) is 59.7 Å². The molecule has 1 aliphatic heterocycles. The Morgan fingerprint density at radius 1 is 1.09 bits per heavy atom. The van der Waals surface area contributed by atoms with Crippen molar-refractivity contribution in [2.75, 3.05) is 35.2 Å². The number of hydrogen-bond acceptors (Lipinski definition) is 6. The summed E-state index contributed by atoms with van der Waals surface area (Å²) in [4.78, 5) is 15.7. The van der Waals surface area contributed by atoms with Gasteiger partial charge < -0.3 is 15.5 Å². The van der Waals surface area contributed by atoms with Crippen molar-refractivity contribution in [2.24, 2.45) is 0 Å². The Labute approximate surface area is 149 Å². The third-order valence-corrected chi connectivity index (χ3v) is 4.24. The van der Waals surface area contributed by atoms with Gasteiger partial charge in [0.2, 0.25) is 17.8 Å². The molecule has 1 aromatic heterocycles. The van der Waals surface area contributed by atoms with Gasteiger partial charge in [-0.15, -0.1) is 6.58 Å². The highest BCUT2D eigenvalue weighted by atomic mass is 127. The van der Waals surface area contributed by atoms with Crippen molar-refractivity contribution in [1.29, 1.82) is 0 Å². The maximum absolute atomic E-state index is 4.57. The molecule has 1 fully saturated rings. The van der Waals surface area contributed by atoms with Gasteiger partial charge in [-0.2, -0.15) is 15.0 Å². The fourth-order valence-corrected chi connectivity index (χ4v) is 2.74. The summed E-state index contributed by atoms with van der Waals surface area (Å²) >= 11 is 2.28. The summed E-state index contributed by atoms with van der Waals surface area (Å²) in [6.07, 6.45) is 4.15. The van der Waals surface area contributed by atoms with E-state index in [2.05, 4.69) is 59.7 Å². The first-order chi connectivity index (χ1) is 11.2. The van der Waals surface area contributed by atoms with Crippen molar-refractivity contribution in [3.05, 3.63) is 40.5 Å². The van der Waals surface area contributed by atoms with E-state index in [4.69, 9.17) is 0 Å². The highest BCUT2D eigenvalue weighted by Crippen LogP contribution is 2.21. The Morgan fingerprint density at radius 2 is 1.78 bits per heavy atom. The van der Waals surface area contributed by atoms with Gasteiger partial charge in [0, 0.05) is 28.9 Å². The largest absolute Gasteiger partial charge is 0.351 e. The van der Waals surface area contributed by atoms with Crippen LogP contribution in [0.1, 0.15) is 12.8 Å². The van der Waals surface area contributed by atoms with Crippen LogP contribution in [0.15, 0.2) is 36.9 Å². The summed E-state index contributed by atoms with van der Waals surface area (Å²) < 4.78 is 1.19. The van der Waals surface area contributed by atoms with Crippen LogP contribution in [-0.4, -0.2) is 34.6 Å². The molecule has 0 aliphatic carbocycles. The quantitative estimate of drug-likeness (QED) is 0.550. The third kappa shape index (κ3) is 4.31. The first kappa shape index (κ1) is 16.0. The SMILES string of the molecule is C=CCNc1nc(Nc2ccc(I)cc2)nc(N2CCCC2)n1. The molecule has 1 aromatic carbocycles. The average Bonchev–Trinajstić information content (AvgIpc) is 3.09. The van der Waals surface area contributed by atoms with Crippen molar-refractivity contribution in [2.45, 2.75) is 12.8 Å². The van der Waals surface area contributed by atoms with E-state index in [1.165, 1.54) is 16.4 Å². The van der Waals surface area contributed by atoms with E-state index >= 15 is 0 Å². The van der Waals surface area contributed by atoms with Crippen molar-refractivity contribution < 1.29 is 0 Å². The number of anilines is 4. The maximum Gasteiger partial charge on any atom is 0.233 e. The number of hydrogen-bond donors (Lipinski definition) is 2. The van der Waals surface area contributed by atoms with Gasteiger partial charge in [0.05, 0.1) is 0 Å². The summed E-state index contributed by atoms with van der Waals surface area (Å²) in [7, 11) is 0. The number of aromatic nitrogens is 3. The molecule has 0 atom stereocenters. The van der Waals surface area contributed by atoms with Crippen LogP contribution in [0.5, 0.6) is 0 Å². The van der Waals surface area contributed by atoms with E-state index in [9.17, 15) is 0 Å². The molecule has 2 aromatic rings. The van der Waals surface area contributed by atoms with Crippen LogP contribution >= 0.6 is 22.6 Å². The van der Waals surface area contributed by atoms with Crippen LogP contribution in [-0.2, 0) is 0 Å². The number of halogens is 1. The number of rotatable bonds is 6. The molecule has 0 amide bonds. The van der Waals surface area contributed by atoms with Gasteiger partial charge in [-0.25, -0.2) is 0 Å². The predicted molar refractivity (Wildman–Crippen MR) is 102 cm³/mol. The van der Waals surface area contributed by atoms with Crippen molar-refractivity contribution in [3.8, 4) is 0 Å². The standard InChI is InChI=1S/C16H19IN6/c1-2-9-18-14-20-15(19-13-7-5-12(17)6-8-13)22-16(21-14)23-10-3-4-11-23/h2,5-8H,1,3-4,9-11H2,(H2,18,19,20,21,22). The third-order valence-electron chi connectivity index (χ3n) is 3.52. The molecule has 6 nitrogen and oxygen atoms in total. The lowest BCUT2D eigenvalue weighted by Gasteiger charge is -2.17. The van der Waals surface area contributed by atoms with Gasteiger partial charge >= 0.3 is 0 Å². The molecule has 1 saturated heterocycles. The topological polar surface area (TPSA) is 66.0 Å². The van der Waals surface area contributed by atoms with Crippen molar-refractivity contribution in [3.63, 3.8) is 0 Å². The lowest BCUT2D eigenvalue weighted by Crippen LogP contribution is -2.22. The molecule has 3 rings (SSSR count). The Morgan fingerprint density at radius 3 is 2.48 bits per heavy atom. The molecule has 0 spiro atoms. The van der Waals surface area contributed by atoms with E-state index in [1.54, 1.807) is 6.08 Å².